The summed E-state index contributed by atoms with van der Waals surface area (Å²) in [5.74, 6) is 4.32. The van der Waals surface area contributed by atoms with Gasteiger partial charge in [-0.05, 0) is 44.4 Å². The third-order valence-corrected chi connectivity index (χ3v) is 5.46. The first-order valence-corrected chi connectivity index (χ1v) is 12.8. The van der Waals surface area contributed by atoms with Gasteiger partial charge in [-0.25, -0.2) is 4.99 Å². The quantitative estimate of drug-likeness (QED) is 0.111. The molecule has 1 aromatic carbocycles. The molecule has 1 aromatic rings. The molecule has 0 bridgehead atoms. The zero-order valence-corrected chi connectivity index (χ0v) is 23.8. The van der Waals surface area contributed by atoms with Gasteiger partial charge in [0.15, 0.2) is 0 Å². The molecule has 1 atom stereocenters. The molecule has 0 saturated carbocycles. The highest BCUT2D eigenvalue weighted by atomic mass is 16.5. The lowest BCUT2D eigenvalue weighted by Gasteiger charge is -2.30. The van der Waals surface area contributed by atoms with Crippen molar-refractivity contribution in [2.75, 3.05) is 41.0 Å². The monoisotopic (exact) mass is 501 g/mol. The summed E-state index contributed by atoms with van der Waals surface area (Å²) in [5.41, 5.74) is 6.19. The largest absolute Gasteiger partial charge is 0.497 e. The molecule has 202 valence electrons. The Kier molecular flexibility index (Phi) is 17.4. The molecule has 0 radical (unpaired) electrons. The zero-order valence-electron chi connectivity index (χ0n) is 23.8. The highest BCUT2D eigenvalue weighted by Gasteiger charge is 2.26. The van der Waals surface area contributed by atoms with E-state index in [9.17, 15) is 4.79 Å². The maximum Gasteiger partial charge on any atom is 0.299 e. The molecule has 0 aliphatic rings. The van der Waals surface area contributed by atoms with E-state index in [0.717, 1.165) is 32.4 Å². The predicted molar refractivity (Wildman–Crippen MR) is 149 cm³/mol. The SMILES string of the molecule is CC.CC#CN(CN(CCC)CCC(C)CC)/C(=C\N)C(=O)N(C)C(=NC)Oc1cccc(OC)c1. The lowest BCUT2D eigenvalue weighted by atomic mass is 10.1. The molecule has 0 aliphatic carbocycles. The van der Waals surface area contributed by atoms with Gasteiger partial charge in [-0.2, -0.15) is 0 Å². The van der Waals surface area contributed by atoms with E-state index in [1.165, 1.54) is 11.1 Å². The number of hydrogen-bond acceptors (Lipinski definition) is 7. The van der Waals surface area contributed by atoms with Crippen molar-refractivity contribution in [1.29, 1.82) is 0 Å². The molecule has 8 nitrogen and oxygen atoms in total. The van der Waals surface area contributed by atoms with E-state index in [2.05, 4.69) is 42.6 Å². The smallest absolute Gasteiger partial charge is 0.299 e. The Morgan fingerprint density at radius 3 is 2.42 bits per heavy atom. The fourth-order valence-electron chi connectivity index (χ4n) is 3.25. The Morgan fingerprint density at radius 1 is 1.22 bits per heavy atom. The number of ether oxygens (including phenoxy) is 2. The van der Waals surface area contributed by atoms with Gasteiger partial charge in [-0.1, -0.05) is 53.0 Å². The van der Waals surface area contributed by atoms with Crippen molar-refractivity contribution >= 4 is 11.9 Å². The highest BCUT2D eigenvalue weighted by molar-refractivity contribution is 6.03. The van der Waals surface area contributed by atoms with E-state index in [1.807, 2.05) is 19.9 Å². The van der Waals surface area contributed by atoms with Gasteiger partial charge < -0.3 is 15.2 Å². The zero-order chi connectivity index (χ0) is 27.5. The van der Waals surface area contributed by atoms with E-state index in [4.69, 9.17) is 15.2 Å². The summed E-state index contributed by atoms with van der Waals surface area (Å²) in [7, 11) is 4.74. The number of carbonyl (C=O) groups excluding carboxylic acids is 1. The van der Waals surface area contributed by atoms with E-state index in [1.54, 1.807) is 51.2 Å². The number of likely N-dealkylation sites (N-methyl/N-ethyl adjacent to an activating group) is 1. The Bertz CT molecular complexity index is 889. The summed E-state index contributed by atoms with van der Waals surface area (Å²) >= 11 is 0. The molecule has 36 heavy (non-hydrogen) atoms. The summed E-state index contributed by atoms with van der Waals surface area (Å²) in [4.78, 5) is 22.9. The van der Waals surface area contributed by atoms with Gasteiger partial charge in [0, 0.05) is 39.0 Å². The lowest BCUT2D eigenvalue weighted by molar-refractivity contribution is -0.124. The first-order valence-electron chi connectivity index (χ1n) is 12.8. The number of nitrogens with two attached hydrogens (primary N) is 1. The number of hydrogen-bond donors (Lipinski definition) is 1. The third-order valence-electron chi connectivity index (χ3n) is 5.46. The molecule has 0 fully saturated rings. The predicted octanol–water partition coefficient (Wildman–Crippen LogP) is 4.73. The molecular weight excluding hydrogens is 454 g/mol. The van der Waals surface area contributed by atoms with E-state index in [0.29, 0.717) is 24.1 Å². The standard InChI is InChI=1S/C26H41N5O3.C2H6/c1-8-15-30(17-14-21(4)10-3)20-31(16-9-2)24(19-27)25(32)29(6)26(28-5)34-23-13-11-12-22(18-23)33-7;1-2/h11-13,18-19,21H,8,10,14-15,17,20,27H2,1-7H3;1-2H3/b24-19-,28-26?;. The molecular formula is C28H47N5O3. The maximum atomic E-state index is 13.4. The van der Waals surface area contributed by atoms with Crippen LogP contribution in [0.4, 0.5) is 0 Å². The molecule has 0 aromatic heterocycles. The summed E-state index contributed by atoms with van der Waals surface area (Å²) in [6.07, 6.45) is 4.52. The number of aliphatic imine (C=N–C) groups is 1. The van der Waals surface area contributed by atoms with Gasteiger partial charge in [0.05, 0.1) is 13.8 Å². The normalized spacial score (nSPS) is 12.1. The Hall–Kier alpha value is -3.18. The fraction of sp³-hybridized carbons (Fsp3) is 0.571. The van der Waals surface area contributed by atoms with Gasteiger partial charge >= 0.3 is 0 Å². The Morgan fingerprint density at radius 2 is 1.89 bits per heavy atom. The first kappa shape index (κ1) is 32.8. The van der Waals surface area contributed by atoms with Crippen LogP contribution in [0.2, 0.25) is 0 Å². The number of amidine groups is 1. The molecule has 1 rings (SSSR count). The topological polar surface area (TPSA) is 83.6 Å². The second-order valence-corrected chi connectivity index (χ2v) is 8.05. The van der Waals surface area contributed by atoms with Crippen LogP contribution in [-0.2, 0) is 4.79 Å². The molecule has 1 unspecified atom stereocenters. The Labute approximate surface area is 219 Å². The van der Waals surface area contributed by atoms with Crippen LogP contribution in [-0.4, -0.2) is 67.6 Å². The minimum absolute atomic E-state index is 0.129. The second-order valence-electron chi connectivity index (χ2n) is 8.05. The number of methoxy groups -OCH3 is 1. The van der Waals surface area contributed by atoms with Crippen molar-refractivity contribution in [3.8, 4) is 23.5 Å². The van der Waals surface area contributed by atoms with Crippen molar-refractivity contribution in [1.82, 2.24) is 14.7 Å². The number of nitrogens with zero attached hydrogens (tertiary/aromatic N) is 4. The molecule has 8 heteroatoms. The maximum absolute atomic E-state index is 13.4. The van der Waals surface area contributed by atoms with Crippen LogP contribution in [0.5, 0.6) is 11.5 Å². The van der Waals surface area contributed by atoms with Crippen LogP contribution in [0.25, 0.3) is 0 Å². The van der Waals surface area contributed by atoms with Gasteiger partial charge in [-0.15, -0.1) is 0 Å². The molecule has 0 spiro atoms. The van der Waals surface area contributed by atoms with Crippen molar-refractivity contribution in [2.45, 2.75) is 60.8 Å². The van der Waals surface area contributed by atoms with E-state index >= 15 is 0 Å². The molecule has 2 N–H and O–H groups in total. The molecule has 1 amide bonds. The number of carbonyl (C=O) groups is 1. The summed E-state index contributed by atoms with van der Waals surface area (Å²) in [6.45, 7) is 14.6. The summed E-state index contributed by atoms with van der Waals surface area (Å²) in [5, 5.41) is 0. The van der Waals surface area contributed by atoms with E-state index < -0.39 is 0 Å². The Balaban J connectivity index is 0.00000596. The van der Waals surface area contributed by atoms with E-state index in [-0.39, 0.29) is 17.6 Å². The van der Waals surface area contributed by atoms with Crippen LogP contribution in [0, 0.1) is 17.9 Å². The average Bonchev–Trinajstić information content (AvgIpc) is 2.91. The van der Waals surface area contributed by atoms with Crippen LogP contribution in [0.1, 0.15) is 60.8 Å². The second kappa shape index (κ2) is 19.1. The molecule has 0 heterocycles. The summed E-state index contributed by atoms with van der Waals surface area (Å²) < 4.78 is 11.1. The fourth-order valence-corrected chi connectivity index (χ4v) is 3.25. The lowest BCUT2D eigenvalue weighted by Crippen LogP contribution is -2.44. The minimum Gasteiger partial charge on any atom is -0.497 e. The van der Waals surface area contributed by atoms with Crippen molar-refractivity contribution in [3.63, 3.8) is 0 Å². The van der Waals surface area contributed by atoms with Crippen molar-refractivity contribution in [3.05, 3.63) is 36.2 Å². The number of rotatable bonds is 12. The average molecular weight is 502 g/mol. The van der Waals surface area contributed by atoms with Crippen molar-refractivity contribution < 1.29 is 14.3 Å². The summed E-state index contributed by atoms with van der Waals surface area (Å²) in [6, 6.07) is 10.3. The van der Waals surface area contributed by atoms with Gasteiger partial charge in [0.1, 0.15) is 17.2 Å². The van der Waals surface area contributed by atoms with Crippen LogP contribution >= 0.6 is 0 Å². The van der Waals surface area contributed by atoms with Crippen LogP contribution in [0.3, 0.4) is 0 Å². The van der Waals surface area contributed by atoms with Gasteiger partial charge in [-0.3, -0.25) is 19.5 Å². The number of amides is 1. The van der Waals surface area contributed by atoms with Gasteiger partial charge in [0.25, 0.3) is 11.9 Å². The minimum atomic E-state index is -0.368. The molecule has 0 saturated heterocycles. The number of benzene rings is 1. The highest BCUT2D eigenvalue weighted by Crippen LogP contribution is 2.20. The first-order chi connectivity index (χ1) is 17.3. The van der Waals surface area contributed by atoms with Gasteiger partial charge in [0.2, 0.25) is 0 Å². The van der Waals surface area contributed by atoms with Crippen LogP contribution in [0.15, 0.2) is 41.2 Å². The third kappa shape index (κ3) is 11.0. The van der Waals surface area contributed by atoms with Crippen LogP contribution < -0.4 is 15.2 Å². The molecule has 0 aliphatic heterocycles. The van der Waals surface area contributed by atoms with Crippen molar-refractivity contribution in [2.24, 2.45) is 16.6 Å².